The van der Waals surface area contributed by atoms with Gasteiger partial charge < -0.3 is 10.2 Å². The fraction of sp³-hybridized carbons (Fsp3) is 0.364. The van der Waals surface area contributed by atoms with E-state index in [1.54, 1.807) is 23.1 Å². The summed E-state index contributed by atoms with van der Waals surface area (Å²) in [6.45, 7) is 5.39. The Bertz CT molecular complexity index is 1250. The molecule has 1 aliphatic heterocycles. The lowest BCUT2D eigenvalue weighted by Gasteiger charge is -2.31. The number of nitrogens with zero attached hydrogens (tertiary/aromatic N) is 8. The molecule has 0 aromatic carbocycles. The average molecular weight is 432 g/mol. The monoisotopic (exact) mass is 431 g/mol. The van der Waals surface area contributed by atoms with E-state index >= 15 is 0 Å². The molecule has 10 nitrogen and oxygen atoms in total. The Morgan fingerprint density at radius 3 is 2.75 bits per heavy atom. The summed E-state index contributed by atoms with van der Waals surface area (Å²) in [7, 11) is 1.81. The number of hydrogen-bond acceptors (Lipinski definition) is 7. The Balaban J connectivity index is 1.31. The van der Waals surface area contributed by atoms with Gasteiger partial charge in [0, 0.05) is 44.0 Å². The van der Waals surface area contributed by atoms with Gasteiger partial charge >= 0.3 is 0 Å². The van der Waals surface area contributed by atoms with Crippen LogP contribution in [0.3, 0.4) is 0 Å². The first kappa shape index (κ1) is 20.3. The number of anilines is 1. The highest BCUT2D eigenvalue weighted by molar-refractivity contribution is 6.04. The van der Waals surface area contributed by atoms with Gasteiger partial charge in [-0.1, -0.05) is 12.1 Å². The van der Waals surface area contributed by atoms with Gasteiger partial charge in [0.25, 0.3) is 5.91 Å². The number of amides is 1. The molecule has 1 amide bonds. The maximum atomic E-state index is 12.8. The van der Waals surface area contributed by atoms with E-state index in [0.717, 1.165) is 43.4 Å². The number of hydrogen-bond donors (Lipinski definition) is 1. The van der Waals surface area contributed by atoms with Gasteiger partial charge in [-0.3, -0.25) is 14.2 Å². The highest BCUT2D eigenvalue weighted by Gasteiger charge is 2.21. The van der Waals surface area contributed by atoms with Crippen LogP contribution in [-0.4, -0.2) is 65.2 Å². The Labute approximate surface area is 185 Å². The van der Waals surface area contributed by atoms with Crippen molar-refractivity contribution in [1.82, 2.24) is 39.6 Å². The van der Waals surface area contributed by atoms with Crippen LogP contribution in [-0.2, 0) is 7.05 Å². The molecule has 1 saturated heterocycles. The molecule has 32 heavy (non-hydrogen) atoms. The standard InChI is InChI=1S/C22H25N9O/c1-3-30-8-6-17(7-9-30)31-13-16(12-24-31)22(32)26-21-10-19-15(11-23-21)4-5-18(25-19)20-14-29(2)28-27-20/h4-5,10-14,17H,3,6-9H2,1-2H3,(H,23,26,32). The lowest BCUT2D eigenvalue weighted by Crippen LogP contribution is -2.34. The van der Waals surface area contributed by atoms with Crippen molar-refractivity contribution in [3.8, 4) is 11.4 Å². The van der Waals surface area contributed by atoms with Crippen molar-refractivity contribution in [1.29, 1.82) is 0 Å². The number of pyridine rings is 2. The minimum absolute atomic E-state index is 0.237. The van der Waals surface area contributed by atoms with E-state index < -0.39 is 0 Å². The fourth-order valence-electron chi connectivity index (χ4n) is 4.04. The summed E-state index contributed by atoms with van der Waals surface area (Å²) in [6.07, 6.45) is 9.04. The highest BCUT2D eigenvalue weighted by atomic mass is 16.1. The zero-order chi connectivity index (χ0) is 22.1. The van der Waals surface area contributed by atoms with Crippen LogP contribution < -0.4 is 5.32 Å². The maximum Gasteiger partial charge on any atom is 0.260 e. The van der Waals surface area contributed by atoms with Crippen molar-refractivity contribution in [2.24, 2.45) is 7.05 Å². The van der Waals surface area contributed by atoms with Crippen molar-refractivity contribution in [3.63, 3.8) is 0 Å². The van der Waals surface area contributed by atoms with Crippen molar-refractivity contribution >= 4 is 22.6 Å². The predicted octanol–water partition coefficient (Wildman–Crippen LogP) is 2.53. The quantitative estimate of drug-likeness (QED) is 0.517. The molecule has 4 aromatic heterocycles. The second kappa shape index (κ2) is 8.46. The van der Waals surface area contributed by atoms with E-state index in [2.05, 4.69) is 42.5 Å². The summed E-state index contributed by atoms with van der Waals surface area (Å²) in [5.74, 6) is 0.203. The molecule has 0 bridgehead atoms. The first-order valence-electron chi connectivity index (χ1n) is 10.8. The van der Waals surface area contributed by atoms with Crippen LogP contribution in [0.4, 0.5) is 5.82 Å². The summed E-state index contributed by atoms with van der Waals surface area (Å²) in [4.78, 5) is 24.2. The number of carbonyl (C=O) groups excluding carboxylic acids is 1. The summed E-state index contributed by atoms with van der Waals surface area (Å²) in [5, 5.41) is 16.2. The van der Waals surface area contributed by atoms with Gasteiger partial charge in [-0.05, 0) is 31.5 Å². The lowest BCUT2D eigenvalue weighted by atomic mass is 10.1. The third-order valence-corrected chi connectivity index (χ3v) is 5.92. The number of rotatable bonds is 5. The van der Waals surface area contributed by atoms with E-state index in [9.17, 15) is 4.79 Å². The van der Waals surface area contributed by atoms with Gasteiger partial charge in [-0.25, -0.2) is 9.97 Å². The number of carbonyl (C=O) groups is 1. The number of likely N-dealkylation sites (tertiary alicyclic amines) is 1. The molecule has 0 atom stereocenters. The third-order valence-electron chi connectivity index (χ3n) is 5.92. The van der Waals surface area contributed by atoms with Crippen LogP contribution in [0.5, 0.6) is 0 Å². The fourth-order valence-corrected chi connectivity index (χ4v) is 4.04. The minimum Gasteiger partial charge on any atom is -0.306 e. The zero-order valence-electron chi connectivity index (χ0n) is 18.1. The largest absolute Gasteiger partial charge is 0.306 e. The van der Waals surface area contributed by atoms with Crippen molar-refractivity contribution < 1.29 is 4.79 Å². The van der Waals surface area contributed by atoms with Gasteiger partial charge in [0.05, 0.1) is 35.2 Å². The average Bonchev–Trinajstić information content (AvgIpc) is 3.48. The van der Waals surface area contributed by atoms with Crippen LogP contribution in [0.25, 0.3) is 22.3 Å². The second-order valence-corrected chi connectivity index (χ2v) is 8.06. The summed E-state index contributed by atoms with van der Waals surface area (Å²) >= 11 is 0. The Kier molecular flexibility index (Phi) is 5.36. The lowest BCUT2D eigenvalue weighted by molar-refractivity contribution is 0.102. The Morgan fingerprint density at radius 1 is 1.16 bits per heavy atom. The van der Waals surface area contributed by atoms with E-state index in [0.29, 0.717) is 28.8 Å². The van der Waals surface area contributed by atoms with E-state index in [-0.39, 0.29) is 5.91 Å². The molecule has 5 rings (SSSR count). The SMILES string of the molecule is CCN1CCC(n2cc(C(=O)Nc3cc4nc(-c5cn(C)nn5)ccc4cn3)cn2)CC1. The Morgan fingerprint density at radius 2 is 2.00 bits per heavy atom. The molecule has 0 aliphatic carbocycles. The number of aryl methyl sites for hydroxylation is 1. The molecule has 10 heteroatoms. The third kappa shape index (κ3) is 4.09. The topological polar surface area (TPSA) is 107 Å². The number of fused-ring (bicyclic) bond motifs is 1. The van der Waals surface area contributed by atoms with Crippen LogP contribution in [0.1, 0.15) is 36.2 Å². The van der Waals surface area contributed by atoms with Crippen LogP contribution in [0.2, 0.25) is 0 Å². The second-order valence-electron chi connectivity index (χ2n) is 8.06. The summed E-state index contributed by atoms with van der Waals surface area (Å²) in [5.41, 5.74) is 2.64. The van der Waals surface area contributed by atoms with Crippen LogP contribution in [0, 0.1) is 0 Å². The van der Waals surface area contributed by atoms with Gasteiger partial charge in [-0.15, -0.1) is 5.10 Å². The molecule has 0 radical (unpaired) electrons. The molecule has 1 N–H and O–H groups in total. The molecule has 0 saturated carbocycles. The first-order chi connectivity index (χ1) is 15.6. The number of piperidine rings is 1. The zero-order valence-corrected chi connectivity index (χ0v) is 18.1. The van der Waals surface area contributed by atoms with Gasteiger partial charge in [0.1, 0.15) is 11.5 Å². The summed E-state index contributed by atoms with van der Waals surface area (Å²) in [6, 6.07) is 5.91. The van der Waals surface area contributed by atoms with Crippen LogP contribution in [0.15, 0.2) is 43.0 Å². The number of nitrogens with one attached hydrogen (secondary N) is 1. The summed E-state index contributed by atoms with van der Waals surface area (Å²) < 4.78 is 3.55. The van der Waals surface area contributed by atoms with Gasteiger partial charge in [-0.2, -0.15) is 5.10 Å². The first-order valence-corrected chi connectivity index (χ1v) is 10.8. The van der Waals surface area contributed by atoms with Gasteiger partial charge in [0.15, 0.2) is 0 Å². The van der Waals surface area contributed by atoms with Crippen molar-refractivity contribution in [3.05, 3.63) is 48.5 Å². The molecule has 5 heterocycles. The molecule has 164 valence electrons. The van der Waals surface area contributed by atoms with Crippen LogP contribution >= 0.6 is 0 Å². The van der Waals surface area contributed by atoms with E-state index in [4.69, 9.17) is 0 Å². The molecule has 4 aromatic rings. The minimum atomic E-state index is -0.237. The van der Waals surface area contributed by atoms with E-state index in [1.807, 2.05) is 36.3 Å². The number of aromatic nitrogens is 7. The highest BCUT2D eigenvalue weighted by Crippen LogP contribution is 2.23. The Hall–Kier alpha value is -3.66. The maximum absolute atomic E-state index is 12.8. The molecular formula is C22H25N9O. The molecular weight excluding hydrogens is 406 g/mol. The molecule has 0 unspecified atom stereocenters. The normalized spacial score (nSPS) is 15.3. The molecule has 1 aliphatic rings. The van der Waals surface area contributed by atoms with Crippen molar-refractivity contribution in [2.75, 3.05) is 25.0 Å². The van der Waals surface area contributed by atoms with E-state index in [1.165, 1.54) is 0 Å². The van der Waals surface area contributed by atoms with Crippen molar-refractivity contribution in [2.45, 2.75) is 25.8 Å². The molecule has 1 fully saturated rings. The smallest absolute Gasteiger partial charge is 0.260 e. The predicted molar refractivity (Wildman–Crippen MR) is 120 cm³/mol. The van der Waals surface area contributed by atoms with Gasteiger partial charge in [0.2, 0.25) is 0 Å². The molecule has 0 spiro atoms.